The van der Waals surface area contributed by atoms with Gasteiger partial charge in [0, 0.05) is 12.2 Å². The quantitative estimate of drug-likeness (QED) is 0.652. The minimum atomic E-state index is -0.976. The zero-order valence-electron chi connectivity index (χ0n) is 7.24. The van der Waals surface area contributed by atoms with Gasteiger partial charge < -0.3 is 10.4 Å². The van der Waals surface area contributed by atoms with Gasteiger partial charge >= 0.3 is 5.97 Å². The number of allylic oxidation sites excluding steroid dienone is 1. The molecule has 0 spiro atoms. The summed E-state index contributed by atoms with van der Waals surface area (Å²) in [6.45, 7) is 1.88. The van der Waals surface area contributed by atoms with Crippen LogP contribution in [0.5, 0.6) is 0 Å². The summed E-state index contributed by atoms with van der Waals surface area (Å²) in [7, 11) is 0. The molecule has 72 valence electrons. The van der Waals surface area contributed by atoms with Crippen LogP contribution in [-0.4, -0.2) is 28.8 Å². The molecule has 0 aromatic rings. The number of aliphatic carboxylic acids is 1. The van der Waals surface area contributed by atoms with Crippen molar-refractivity contribution in [2.45, 2.75) is 19.4 Å². The standard InChI is InChI=1S/C8H11NO3S/c1-5-2-3-7(10)9-6(4-13-5)8(11)12/h2,6H,3-4H2,1H3,(H,9,10)(H,11,12)/b5-2-. The highest BCUT2D eigenvalue weighted by molar-refractivity contribution is 8.03. The highest BCUT2D eigenvalue weighted by Crippen LogP contribution is 2.18. The summed E-state index contributed by atoms with van der Waals surface area (Å²) in [6, 6.07) is -0.763. The molecule has 1 unspecified atom stereocenters. The van der Waals surface area contributed by atoms with Crippen molar-refractivity contribution in [2.75, 3.05) is 5.75 Å². The summed E-state index contributed by atoms with van der Waals surface area (Å²) in [5.41, 5.74) is 0. The molecule has 0 aromatic carbocycles. The Morgan fingerprint density at radius 2 is 2.46 bits per heavy atom. The Labute approximate surface area is 80.4 Å². The summed E-state index contributed by atoms with van der Waals surface area (Å²) in [5.74, 6) is -0.814. The third kappa shape index (κ3) is 3.10. The van der Waals surface area contributed by atoms with Gasteiger partial charge in [-0.2, -0.15) is 0 Å². The number of hydrogen-bond acceptors (Lipinski definition) is 3. The first-order valence-corrected chi connectivity index (χ1v) is 4.90. The minimum absolute atomic E-state index is 0.230. The van der Waals surface area contributed by atoms with Crippen molar-refractivity contribution in [3.05, 3.63) is 11.0 Å². The van der Waals surface area contributed by atoms with E-state index in [0.717, 1.165) is 4.91 Å². The van der Waals surface area contributed by atoms with E-state index in [9.17, 15) is 9.59 Å². The van der Waals surface area contributed by atoms with E-state index < -0.39 is 12.0 Å². The molecule has 1 rings (SSSR count). The van der Waals surface area contributed by atoms with Gasteiger partial charge in [-0.15, -0.1) is 11.8 Å². The molecule has 0 bridgehead atoms. The molecule has 13 heavy (non-hydrogen) atoms. The van der Waals surface area contributed by atoms with Crippen LogP contribution in [0.4, 0.5) is 0 Å². The lowest BCUT2D eigenvalue weighted by molar-refractivity contribution is -0.141. The molecule has 0 aromatic heterocycles. The monoisotopic (exact) mass is 201 g/mol. The molecule has 1 atom stereocenters. The summed E-state index contributed by atoms with van der Waals surface area (Å²) in [5, 5.41) is 11.1. The summed E-state index contributed by atoms with van der Waals surface area (Å²) >= 11 is 1.46. The molecule has 2 N–H and O–H groups in total. The van der Waals surface area contributed by atoms with E-state index in [1.807, 2.05) is 6.92 Å². The molecule has 0 saturated carbocycles. The van der Waals surface area contributed by atoms with E-state index in [-0.39, 0.29) is 12.3 Å². The van der Waals surface area contributed by atoms with Crippen molar-refractivity contribution in [3.63, 3.8) is 0 Å². The van der Waals surface area contributed by atoms with Crippen LogP contribution in [0.2, 0.25) is 0 Å². The van der Waals surface area contributed by atoms with E-state index >= 15 is 0 Å². The maximum Gasteiger partial charge on any atom is 0.327 e. The van der Waals surface area contributed by atoms with E-state index in [1.165, 1.54) is 11.8 Å². The molecule has 0 fully saturated rings. The molecule has 4 nitrogen and oxygen atoms in total. The molecule has 5 heteroatoms. The van der Waals surface area contributed by atoms with Gasteiger partial charge in [0.2, 0.25) is 5.91 Å². The van der Waals surface area contributed by atoms with Gasteiger partial charge in [-0.3, -0.25) is 4.79 Å². The van der Waals surface area contributed by atoms with Gasteiger partial charge in [0.05, 0.1) is 0 Å². The van der Waals surface area contributed by atoms with E-state index in [4.69, 9.17) is 5.11 Å². The highest BCUT2D eigenvalue weighted by atomic mass is 32.2. The average Bonchev–Trinajstić information content (AvgIpc) is 2.05. The lowest BCUT2D eigenvalue weighted by Gasteiger charge is -2.16. The second kappa shape index (κ2) is 4.32. The number of carboxylic acid groups (broad SMARTS) is 1. The third-order valence-electron chi connectivity index (χ3n) is 1.69. The molecule has 0 saturated heterocycles. The average molecular weight is 201 g/mol. The van der Waals surface area contributed by atoms with Crippen LogP contribution in [0.3, 0.4) is 0 Å². The fourth-order valence-electron chi connectivity index (χ4n) is 0.938. The molecule has 1 aliphatic rings. The Balaban J connectivity index is 2.68. The molecular weight excluding hydrogens is 190 g/mol. The Hall–Kier alpha value is -0.970. The van der Waals surface area contributed by atoms with Crippen LogP contribution in [0.15, 0.2) is 11.0 Å². The SMILES string of the molecule is C/C1=C/CC(=O)NC(C(=O)O)CS1. The molecular formula is C8H11NO3S. The van der Waals surface area contributed by atoms with Crippen molar-refractivity contribution in [1.29, 1.82) is 0 Å². The van der Waals surface area contributed by atoms with Crippen molar-refractivity contribution in [3.8, 4) is 0 Å². The van der Waals surface area contributed by atoms with Crippen molar-refractivity contribution < 1.29 is 14.7 Å². The van der Waals surface area contributed by atoms with Gasteiger partial charge in [0.1, 0.15) is 6.04 Å². The first kappa shape index (κ1) is 10.1. The Bertz CT molecular complexity index is 262. The Kier molecular flexibility index (Phi) is 3.36. The topological polar surface area (TPSA) is 66.4 Å². The van der Waals surface area contributed by atoms with E-state index in [0.29, 0.717) is 5.75 Å². The van der Waals surface area contributed by atoms with Crippen LogP contribution in [0.25, 0.3) is 0 Å². The number of amides is 1. The van der Waals surface area contributed by atoms with Gasteiger partial charge in [0.15, 0.2) is 0 Å². The van der Waals surface area contributed by atoms with Gasteiger partial charge in [-0.1, -0.05) is 6.08 Å². The molecule has 0 radical (unpaired) electrons. The zero-order valence-corrected chi connectivity index (χ0v) is 8.06. The molecule has 1 heterocycles. The lowest BCUT2D eigenvalue weighted by Crippen LogP contribution is -2.42. The van der Waals surface area contributed by atoms with Gasteiger partial charge in [-0.05, 0) is 11.8 Å². The van der Waals surface area contributed by atoms with Crippen molar-refractivity contribution in [1.82, 2.24) is 5.32 Å². The first-order chi connectivity index (χ1) is 6.09. The first-order valence-electron chi connectivity index (χ1n) is 3.91. The third-order valence-corrected chi connectivity index (χ3v) is 2.81. The normalized spacial score (nSPS) is 27.9. The predicted molar refractivity (Wildman–Crippen MR) is 50.4 cm³/mol. The molecule has 1 aliphatic heterocycles. The lowest BCUT2D eigenvalue weighted by atomic mass is 10.3. The fourth-order valence-corrected chi connectivity index (χ4v) is 1.79. The van der Waals surface area contributed by atoms with Crippen molar-refractivity contribution in [2.24, 2.45) is 0 Å². The zero-order chi connectivity index (χ0) is 9.84. The number of carbonyl (C=O) groups is 2. The number of carboxylic acids is 1. The van der Waals surface area contributed by atoms with E-state index in [1.54, 1.807) is 6.08 Å². The summed E-state index contributed by atoms with van der Waals surface area (Å²) in [4.78, 5) is 22.7. The number of carbonyl (C=O) groups excluding carboxylic acids is 1. The van der Waals surface area contributed by atoms with E-state index in [2.05, 4.69) is 5.32 Å². The smallest absolute Gasteiger partial charge is 0.327 e. The fraction of sp³-hybridized carbons (Fsp3) is 0.500. The highest BCUT2D eigenvalue weighted by Gasteiger charge is 2.20. The minimum Gasteiger partial charge on any atom is -0.480 e. The summed E-state index contributed by atoms with van der Waals surface area (Å²) in [6.07, 6.45) is 2.07. The molecule has 1 amide bonds. The number of rotatable bonds is 1. The number of hydrogen-bond donors (Lipinski definition) is 2. The summed E-state index contributed by atoms with van der Waals surface area (Å²) < 4.78 is 0. The van der Waals surface area contributed by atoms with Gasteiger partial charge in [0.25, 0.3) is 0 Å². The van der Waals surface area contributed by atoms with Crippen LogP contribution in [-0.2, 0) is 9.59 Å². The van der Waals surface area contributed by atoms with Gasteiger partial charge in [-0.25, -0.2) is 4.79 Å². The molecule has 0 aliphatic carbocycles. The Morgan fingerprint density at radius 3 is 3.08 bits per heavy atom. The Morgan fingerprint density at radius 1 is 1.77 bits per heavy atom. The second-order valence-corrected chi connectivity index (χ2v) is 4.05. The number of nitrogens with one attached hydrogen (secondary N) is 1. The largest absolute Gasteiger partial charge is 0.480 e. The second-order valence-electron chi connectivity index (χ2n) is 2.79. The maximum absolute atomic E-state index is 11.1. The maximum atomic E-state index is 11.1. The van der Waals surface area contributed by atoms with Crippen LogP contribution >= 0.6 is 11.8 Å². The van der Waals surface area contributed by atoms with Crippen LogP contribution < -0.4 is 5.32 Å². The van der Waals surface area contributed by atoms with Crippen LogP contribution in [0, 0.1) is 0 Å². The van der Waals surface area contributed by atoms with Crippen LogP contribution in [0.1, 0.15) is 13.3 Å². The van der Waals surface area contributed by atoms with Crippen molar-refractivity contribution >= 4 is 23.6 Å². The predicted octanol–water partition coefficient (Wildman–Crippen LogP) is 0.597. The number of thioether (sulfide) groups is 1.